The Labute approximate surface area is 109 Å². The van der Waals surface area contributed by atoms with Gasteiger partial charge >= 0.3 is 6.03 Å². The fraction of sp³-hybridized carbons (Fsp3) is 0.143. The number of urea groups is 1. The second-order valence-corrected chi connectivity index (χ2v) is 7.44. The third kappa shape index (κ3) is 2.65. The molecule has 10 heteroatoms. The number of hydrogen-bond donors (Lipinski definition) is 2. The first kappa shape index (κ1) is 12.5. The lowest BCUT2D eigenvalue weighted by Gasteiger charge is -2.13. The van der Waals surface area contributed by atoms with E-state index in [-0.39, 0.29) is 10.8 Å². The highest BCUT2D eigenvalue weighted by atomic mass is 79.9. The van der Waals surface area contributed by atoms with Gasteiger partial charge in [0.05, 0.1) is 3.79 Å². The smallest absolute Gasteiger partial charge is 0.275 e. The Hall–Kier alpha value is -0.970. The molecular weight excluding hydrogens is 334 g/mol. The quantitative estimate of drug-likeness (QED) is 0.772. The van der Waals surface area contributed by atoms with E-state index in [0.29, 0.717) is 8.80 Å². The van der Waals surface area contributed by atoms with E-state index in [9.17, 15) is 18.0 Å². The zero-order valence-electron chi connectivity index (χ0n) is 8.14. The van der Waals surface area contributed by atoms with Crippen molar-refractivity contribution in [2.45, 2.75) is 4.21 Å². The third-order valence-corrected chi connectivity index (χ3v) is 5.29. The Morgan fingerprint density at radius 2 is 2.12 bits per heavy atom. The lowest BCUT2D eigenvalue weighted by atomic mass is 10.7. The molecule has 0 bridgehead atoms. The Kier molecular flexibility index (Phi) is 3.21. The van der Waals surface area contributed by atoms with Crippen LogP contribution in [0.1, 0.15) is 0 Å². The fourth-order valence-electron chi connectivity index (χ4n) is 1.15. The molecule has 2 rings (SSSR count). The molecule has 0 spiro atoms. The van der Waals surface area contributed by atoms with Gasteiger partial charge in [0.1, 0.15) is 10.8 Å². The lowest BCUT2D eigenvalue weighted by molar-refractivity contribution is -0.118. The summed E-state index contributed by atoms with van der Waals surface area (Å²) in [6.45, 7) is -0.329. The SMILES string of the molecule is O=C1CN(NS(=O)(=O)c2ccc(Br)s2)C(=O)N1. The van der Waals surface area contributed by atoms with Crippen LogP contribution in [0, 0.1) is 0 Å². The van der Waals surface area contributed by atoms with Crippen molar-refractivity contribution in [2.24, 2.45) is 0 Å². The zero-order valence-corrected chi connectivity index (χ0v) is 11.4. The number of hydrogen-bond acceptors (Lipinski definition) is 5. The maximum Gasteiger partial charge on any atom is 0.339 e. The topological polar surface area (TPSA) is 95.6 Å². The minimum atomic E-state index is -3.83. The molecule has 0 radical (unpaired) electrons. The van der Waals surface area contributed by atoms with Crippen molar-refractivity contribution in [1.82, 2.24) is 15.2 Å². The van der Waals surface area contributed by atoms with Gasteiger partial charge in [0, 0.05) is 0 Å². The van der Waals surface area contributed by atoms with Crippen LogP contribution in [0.3, 0.4) is 0 Å². The van der Waals surface area contributed by atoms with Gasteiger partial charge in [-0.05, 0) is 28.1 Å². The third-order valence-electron chi connectivity index (χ3n) is 1.84. The summed E-state index contributed by atoms with van der Waals surface area (Å²) in [7, 11) is -3.83. The van der Waals surface area contributed by atoms with Crippen LogP contribution < -0.4 is 10.1 Å². The average Bonchev–Trinajstić information content (AvgIpc) is 2.74. The number of amides is 3. The summed E-state index contributed by atoms with van der Waals surface area (Å²) < 4.78 is 24.3. The molecule has 0 unspecified atom stereocenters. The highest BCUT2D eigenvalue weighted by Crippen LogP contribution is 2.25. The molecule has 1 fully saturated rings. The van der Waals surface area contributed by atoms with Crippen LogP contribution in [0.15, 0.2) is 20.1 Å². The van der Waals surface area contributed by atoms with Crippen LogP contribution >= 0.6 is 27.3 Å². The number of halogens is 1. The van der Waals surface area contributed by atoms with E-state index in [1.165, 1.54) is 6.07 Å². The molecule has 3 amide bonds. The Morgan fingerprint density at radius 3 is 2.59 bits per heavy atom. The molecule has 17 heavy (non-hydrogen) atoms. The van der Waals surface area contributed by atoms with Gasteiger partial charge in [0.15, 0.2) is 0 Å². The molecule has 92 valence electrons. The van der Waals surface area contributed by atoms with Gasteiger partial charge in [-0.1, -0.05) is 0 Å². The van der Waals surface area contributed by atoms with Crippen molar-refractivity contribution in [2.75, 3.05) is 6.54 Å². The lowest BCUT2D eigenvalue weighted by Crippen LogP contribution is -2.43. The summed E-state index contributed by atoms with van der Waals surface area (Å²) in [5.41, 5.74) is 0. The summed E-state index contributed by atoms with van der Waals surface area (Å²) in [6, 6.07) is 2.19. The maximum atomic E-state index is 11.8. The number of carbonyl (C=O) groups is 2. The highest BCUT2D eigenvalue weighted by molar-refractivity contribution is 9.11. The normalized spacial score (nSPS) is 16.4. The van der Waals surface area contributed by atoms with Crippen molar-refractivity contribution in [3.63, 3.8) is 0 Å². The number of imide groups is 1. The van der Waals surface area contributed by atoms with E-state index in [1.807, 2.05) is 10.1 Å². The molecule has 1 aliphatic rings. The van der Waals surface area contributed by atoms with Crippen LogP contribution in [0.4, 0.5) is 4.79 Å². The molecule has 2 N–H and O–H groups in total. The molecule has 0 atom stereocenters. The van der Waals surface area contributed by atoms with Crippen LogP contribution in [0.2, 0.25) is 0 Å². The largest absolute Gasteiger partial charge is 0.339 e. The number of carbonyl (C=O) groups excluding carboxylic acids is 2. The molecule has 2 heterocycles. The van der Waals surface area contributed by atoms with Gasteiger partial charge in [-0.2, -0.15) is 0 Å². The molecular formula is C7H6BrN3O4S2. The number of nitrogens with one attached hydrogen (secondary N) is 2. The van der Waals surface area contributed by atoms with E-state index in [1.54, 1.807) is 6.07 Å². The Bertz CT molecular complexity index is 582. The number of sulfonamides is 1. The van der Waals surface area contributed by atoms with Crippen LogP contribution in [-0.2, 0) is 14.8 Å². The van der Waals surface area contributed by atoms with Gasteiger partial charge in [0.25, 0.3) is 10.0 Å². The Morgan fingerprint density at radius 1 is 1.41 bits per heavy atom. The summed E-state index contributed by atoms with van der Waals surface area (Å²) in [5.74, 6) is -0.551. The van der Waals surface area contributed by atoms with Crippen molar-refractivity contribution in [1.29, 1.82) is 0 Å². The molecule has 1 aliphatic heterocycles. The summed E-state index contributed by atoms with van der Waals surface area (Å²) in [5, 5.41) is 2.67. The molecule has 0 aliphatic carbocycles. The predicted molar refractivity (Wildman–Crippen MR) is 62.6 cm³/mol. The molecule has 1 aromatic heterocycles. The minimum absolute atomic E-state index is 0.0523. The fourth-order valence-corrected chi connectivity index (χ4v) is 4.18. The molecule has 1 aromatic rings. The minimum Gasteiger partial charge on any atom is -0.275 e. The molecule has 0 aromatic carbocycles. The van der Waals surface area contributed by atoms with E-state index in [4.69, 9.17) is 0 Å². The number of rotatable bonds is 3. The molecule has 1 saturated heterocycles. The van der Waals surface area contributed by atoms with E-state index in [0.717, 1.165) is 11.3 Å². The van der Waals surface area contributed by atoms with E-state index < -0.39 is 22.0 Å². The van der Waals surface area contributed by atoms with Crippen molar-refractivity contribution in [3.8, 4) is 0 Å². The van der Waals surface area contributed by atoms with Gasteiger partial charge in [-0.3, -0.25) is 10.1 Å². The number of nitrogens with zero attached hydrogens (tertiary/aromatic N) is 1. The number of hydrazine groups is 1. The van der Waals surface area contributed by atoms with Crippen LogP contribution in [0.5, 0.6) is 0 Å². The monoisotopic (exact) mass is 339 g/mol. The second-order valence-electron chi connectivity index (χ2n) is 3.09. The van der Waals surface area contributed by atoms with E-state index >= 15 is 0 Å². The van der Waals surface area contributed by atoms with E-state index in [2.05, 4.69) is 15.9 Å². The van der Waals surface area contributed by atoms with Gasteiger partial charge < -0.3 is 0 Å². The van der Waals surface area contributed by atoms with Crippen molar-refractivity contribution < 1.29 is 18.0 Å². The second kappa shape index (κ2) is 4.37. The van der Waals surface area contributed by atoms with Gasteiger partial charge in [-0.15, -0.1) is 16.2 Å². The van der Waals surface area contributed by atoms with Gasteiger partial charge in [-0.25, -0.2) is 18.2 Å². The van der Waals surface area contributed by atoms with Gasteiger partial charge in [0.2, 0.25) is 5.91 Å². The molecule has 7 nitrogen and oxygen atoms in total. The predicted octanol–water partition coefficient (Wildman–Crippen LogP) is 0.256. The first-order chi connectivity index (χ1) is 7.88. The first-order valence-corrected chi connectivity index (χ1v) is 7.37. The highest BCUT2D eigenvalue weighted by Gasteiger charge is 2.31. The molecule has 0 saturated carbocycles. The van der Waals surface area contributed by atoms with Crippen LogP contribution in [-0.4, -0.2) is 31.9 Å². The van der Waals surface area contributed by atoms with Crippen molar-refractivity contribution in [3.05, 3.63) is 15.9 Å². The summed E-state index contributed by atoms with van der Waals surface area (Å²) >= 11 is 4.14. The first-order valence-electron chi connectivity index (χ1n) is 4.27. The van der Waals surface area contributed by atoms with Crippen LogP contribution in [0.25, 0.3) is 0 Å². The standard InChI is InChI=1S/C7H6BrN3O4S2/c8-4-1-2-6(16-4)17(14,15)10-11-3-5(12)9-7(11)13/h1-2,10H,3H2,(H,9,12,13). The Balaban J connectivity index is 2.18. The average molecular weight is 340 g/mol. The number of thiophene rings is 1. The maximum absolute atomic E-state index is 11.8. The summed E-state index contributed by atoms with van der Waals surface area (Å²) in [6.07, 6.45) is 0. The summed E-state index contributed by atoms with van der Waals surface area (Å²) in [4.78, 5) is 24.1. The van der Waals surface area contributed by atoms with Crippen molar-refractivity contribution >= 4 is 49.2 Å². The zero-order chi connectivity index (χ0) is 12.6.